The van der Waals surface area contributed by atoms with Gasteiger partial charge in [0.25, 0.3) is 0 Å². The van der Waals surface area contributed by atoms with Crippen LogP contribution in [-0.2, 0) is 4.74 Å². The van der Waals surface area contributed by atoms with Crippen molar-refractivity contribution in [1.29, 1.82) is 0 Å². The molecule has 1 N–H and O–H groups in total. The van der Waals surface area contributed by atoms with Crippen molar-refractivity contribution < 1.29 is 14.3 Å². The third-order valence-corrected chi connectivity index (χ3v) is 4.55. The minimum Gasteiger partial charge on any atom is -0.486 e. The van der Waals surface area contributed by atoms with Gasteiger partial charge in [0.05, 0.1) is 29.5 Å². The number of rotatable bonds is 3. The maximum atomic E-state index is 12.3. The van der Waals surface area contributed by atoms with Crippen molar-refractivity contribution >= 4 is 17.1 Å². The topological polar surface area (TPSA) is 80.3 Å². The van der Waals surface area contributed by atoms with E-state index in [0.717, 1.165) is 28.7 Å². The van der Waals surface area contributed by atoms with Crippen LogP contribution in [0.2, 0.25) is 0 Å². The molecule has 3 aromatic heterocycles. The molecule has 7 nitrogen and oxygen atoms in total. The number of nitrogens with one attached hydrogen (secondary N) is 1. The molecule has 146 valence electrons. The van der Waals surface area contributed by atoms with Gasteiger partial charge in [-0.2, -0.15) is 0 Å². The number of amides is 1. The van der Waals surface area contributed by atoms with Gasteiger partial charge in [0, 0.05) is 30.9 Å². The highest BCUT2D eigenvalue weighted by atomic mass is 16.6. The van der Waals surface area contributed by atoms with Gasteiger partial charge >= 0.3 is 6.09 Å². The number of nitrogens with zero attached hydrogens (tertiary/aromatic N) is 3. The Balaban J connectivity index is 1.50. The second kappa shape index (κ2) is 7.14. The van der Waals surface area contributed by atoms with Crippen LogP contribution in [0.5, 0.6) is 5.75 Å². The van der Waals surface area contributed by atoms with Crippen LogP contribution in [-0.4, -0.2) is 50.7 Å². The van der Waals surface area contributed by atoms with Gasteiger partial charge in [0.2, 0.25) is 0 Å². The van der Waals surface area contributed by atoms with Crippen molar-refractivity contribution in [1.82, 2.24) is 19.9 Å². The Labute approximate surface area is 163 Å². The van der Waals surface area contributed by atoms with Gasteiger partial charge in [-0.1, -0.05) is 0 Å². The summed E-state index contributed by atoms with van der Waals surface area (Å²) in [5.74, 6) is 0.685. The third-order valence-electron chi connectivity index (χ3n) is 4.55. The zero-order valence-corrected chi connectivity index (χ0v) is 16.3. The number of fused-ring (bicyclic) bond motifs is 1. The molecule has 0 aromatic carbocycles. The summed E-state index contributed by atoms with van der Waals surface area (Å²) in [7, 11) is 0. The quantitative estimate of drug-likeness (QED) is 0.742. The lowest BCUT2D eigenvalue weighted by Crippen LogP contribution is -2.36. The van der Waals surface area contributed by atoms with Crippen LogP contribution in [0.25, 0.3) is 22.3 Å². The molecular weight excluding hydrogens is 356 g/mol. The van der Waals surface area contributed by atoms with Crippen LogP contribution in [0.3, 0.4) is 0 Å². The van der Waals surface area contributed by atoms with Crippen molar-refractivity contribution in [2.45, 2.75) is 38.9 Å². The average Bonchev–Trinajstić information content (AvgIpc) is 3.27. The smallest absolute Gasteiger partial charge is 0.410 e. The number of aromatic amines is 1. The standard InChI is InChI=1S/C21H24N4O3/c1-21(2,3)28-20(26)25-10-7-14(13-25)27-19-12-22-9-6-15(19)17-11-18-16(24-17)5-4-8-23-18/h4-6,8-9,11-12,14,24H,7,10,13H2,1-3H3/t14-/m1/s1. The molecule has 0 aliphatic carbocycles. The van der Waals surface area contributed by atoms with E-state index in [1.807, 2.05) is 45.0 Å². The SMILES string of the molecule is CC(C)(C)OC(=O)N1CC[C@@H](Oc2cnccc2-c2cc3ncccc3[nH]2)C1. The number of aromatic nitrogens is 3. The van der Waals surface area contributed by atoms with Gasteiger partial charge in [-0.25, -0.2) is 4.79 Å². The van der Waals surface area contributed by atoms with Gasteiger partial charge in [0.15, 0.2) is 0 Å². The van der Waals surface area contributed by atoms with E-state index in [1.165, 1.54) is 0 Å². The molecule has 0 unspecified atom stereocenters. The highest BCUT2D eigenvalue weighted by Crippen LogP contribution is 2.32. The Morgan fingerprint density at radius 3 is 2.93 bits per heavy atom. The lowest BCUT2D eigenvalue weighted by atomic mass is 10.2. The Morgan fingerprint density at radius 2 is 2.14 bits per heavy atom. The summed E-state index contributed by atoms with van der Waals surface area (Å²) < 4.78 is 11.7. The number of carbonyl (C=O) groups excluding carboxylic acids is 1. The van der Waals surface area contributed by atoms with Gasteiger partial charge in [0.1, 0.15) is 17.5 Å². The van der Waals surface area contributed by atoms with Gasteiger partial charge in [-0.3, -0.25) is 9.97 Å². The predicted octanol–water partition coefficient (Wildman–Crippen LogP) is 4.01. The number of ether oxygens (including phenoxy) is 2. The van der Waals surface area contributed by atoms with Crippen molar-refractivity contribution in [3.63, 3.8) is 0 Å². The van der Waals surface area contributed by atoms with E-state index < -0.39 is 5.60 Å². The highest BCUT2D eigenvalue weighted by Gasteiger charge is 2.31. The molecule has 28 heavy (non-hydrogen) atoms. The molecule has 1 aliphatic rings. The zero-order chi connectivity index (χ0) is 19.7. The molecule has 4 rings (SSSR count). The molecule has 3 aromatic rings. The molecule has 0 spiro atoms. The van der Waals surface area contributed by atoms with Crippen LogP contribution in [0.1, 0.15) is 27.2 Å². The minimum absolute atomic E-state index is 0.0991. The van der Waals surface area contributed by atoms with E-state index >= 15 is 0 Å². The van der Waals surface area contributed by atoms with Crippen molar-refractivity contribution in [2.24, 2.45) is 0 Å². The van der Waals surface area contributed by atoms with E-state index in [1.54, 1.807) is 23.5 Å². The van der Waals surface area contributed by atoms with Crippen LogP contribution < -0.4 is 4.74 Å². The van der Waals surface area contributed by atoms with Gasteiger partial charge < -0.3 is 19.4 Å². The van der Waals surface area contributed by atoms with Crippen LogP contribution in [0, 0.1) is 0 Å². The van der Waals surface area contributed by atoms with E-state index in [9.17, 15) is 4.79 Å². The fourth-order valence-corrected chi connectivity index (χ4v) is 3.29. The van der Waals surface area contributed by atoms with Gasteiger partial charge in [-0.05, 0) is 45.0 Å². The molecule has 4 heterocycles. The number of carbonyl (C=O) groups is 1. The first-order valence-corrected chi connectivity index (χ1v) is 9.42. The Morgan fingerprint density at radius 1 is 1.29 bits per heavy atom. The second-order valence-corrected chi connectivity index (χ2v) is 7.95. The van der Waals surface area contributed by atoms with Crippen LogP contribution >= 0.6 is 0 Å². The zero-order valence-electron chi connectivity index (χ0n) is 16.3. The molecule has 1 amide bonds. The Kier molecular flexibility index (Phi) is 4.66. The van der Waals surface area contributed by atoms with Crippen LogP contribution in [0.15, 0.2) is 42.9 Å². The summed E-state index contributed by atoms with van der Waals surface area (Å²) in [6, 6.07) is 7.80. The summed E-state index contributed by atoms with van der Waals surface area (Å²) in [6.45, 7) is 6.72. The molecule has 1 aliphatic heterocycles. The van der Waals surface area contributed by atoms with Gasteiger partial charge in [-0.15, -0.1) is 0 Å². The first-order valence-electron chi connectivity index (χ1n) is 9.42. The largest absolute Gasteiger partial charge is 0.486 e. The maximum absolute atomic E-state index is 12.3. The summed E-state index contributed by atoms with van der Waals surface area (Å²) in [6.07, 6.45) is 5.58. The molecule has 0 radical (unpaired) electrons. The molecule has 0 bridgehead atoms. The number of pyridine rings is 2. The summed E-state index contributed by atoms with van der Waals surface area (Å²) in [5, 5.41) is 0. The Bertz CT molecular complexity index is 959. The first kappa shape index (κ1) is 18.3. The fourth-order valence-electron chi connectivity index (χ4n) is 3.29. The summed E-state index contributed by atoms with van der Waals surface area (Å²) >= 11 is 0. The highest BCUT2D eigenvalue weighted by molar-refractivity contribution is 5.83. The minimum atomic E-state index is -0.504. The summed E-state index contributed by atoms with van der Waals surface area (Å²) in [5.41, 5.74) is 3.21. The molecule has 1 saturated heterocycles. The van der Waals surface area contributed by atoms with E-state index in [4.69, 9.17) is 9.47 Å². The van der Waals surface area contributed by atoms with E-state index in [2.05, 4.69) is 15.0 Å². The number of likely N-dealkylation sites (tertiary alicyclic amines) is 1. The monoisotopic (exact) mass is 380 g/mol. The fraction of sp³-hybridized carbons (Fsp3) is 0.381. The van der Waals surface area contributed by atoms with E-state index in [0.29, 0.717) is 18.8 Å². The number of H-pyrrole nitrogens is 1. The van der Waals surface area contributed by atoms with Crippen molar-refractivity contribution in [3.8, 4) is 17.0 Å². The molecule has 1 atom stereocenters. The molecule has 7 heteroatoms. The number of hydrogen-bond donors (Lipinski definition) is 1. The predicted molar refractivity (Wildman–Crippen MR) is 106 cm³/mol. The second-order valence-electron chi connectivity index (χ2n) is 7.95. The molecule has 1 fully saturated rings. The molecular formula is C21H24N4O3. The molecule has 0 saturated carbocycles. The van der Waals surface area contributed by atoms with E-state index in [-0.39, 0.29) is 12.2 Å². The normalized spacial score (nSPS) is 17.1. The summed E-state index contributed by atoms with van der Waals surface area (Å²) in [4.78, 5) is 25.9. The number of hydrogen-bond acceptors (Lipinski definition) is 5. The first-order chi connectivity index (χ1) is 13.4. The van der Waals surface area contributed by atoms with Crippen LogP contribution in [0.4, 0.5) is 4.79 Å². The lowest BCUT2D eigenvalue weighted by Gasteiger charge is -2.24. The average molecular weight is 380 g/mol. The third kappa shape index (κ3) is 3.93. The van der Waals surface area contributed by atoms with Crippen molar-refractivity contribution in [2.75, 3.05) is 13.1 Å². The maximum Gasteiger partial charge on any atom is 0.410 e. The van der Waals surface area contributed by atoms with Crippen molar-refractivity contribution in [3.05, 3.63) is 42.9 Å². The Hall–Kier alpha value is -3.09. The lowest BCUT2D eigenvalue weighted by molar-refractivity contribution is 0.0276.